The van der Waals surface area contributed by atoms with Gasteiger partial charge in [0.25, 0.3) is 30.4 Å². The van der Waals surface area contributed by atoms with Gasteiger partial charge in [-0.15, -0.1) is 0 Å². The number of carbonyl (C=O) groups excluding carboxylic acids is 2. The summed E-state index contributed by atoms with van der Waals surface area (Å²) in [5.74, 6) is -0.591. The van der Waals surface area contributed by atoms with E-state index in [1.54, 1.807) is 37.3 Å². The van der Waals surface area contributed by atoms with Crippen molar-refractivity contribution in [1.82, 2.24) is 10.9 Å². The van der Waals surface area contributed by atoms with E-state index in [2.05, 4.69) is 24.7 Å². The van der Waals surface area contributed by atoms with Crippen molar-refractivity contribution < 1.29 is 66.0 Å². The van der Waals surface area contributed by atoms with Gasteiger partial charge in [0.2, 0.25) is 17.5 Å². The summed E-state index contributed by atoms with van der Waals surface area (Å²) in [6.45, 7) is 16.4. The zero-order chi connectivity index (χ0) is 57.5. The minimum absolute atomic E-state index is 0.0233. The van der Waals surface area contributed by atoms with Crippen LogP contribution in [0.15, 0.2) is 128 Å². The van der Waals surface area contributed by atoms with Crippen LogP contribution in [0.3, 0.4) is 0 Å². The molecule has 5 N–H and O–H groups in total. The first kappa shape index (κ1) is 59.5. The molecule has 2 aliphatic heterocycles. The average Bonchev–Trinajstić information content (AvgIpc) is 3.96. The standard InChI is InChI=1S/C56H66N4O14S4/c1-9-59-45-27-25-41-43(31-39(75(63,64)65)33-47(41)77(69,70)71)52(45)55(5,6)49(59)18-14-13-15-19-50-56(7,8)53-44-32-40(76(66,67)68)34-48(78(72,73)74)42(44)26-28-46(53)60(50)29-17-12-10-11-16-20-51(61)57-58-54(62)36(4)38-23-21-37(22-24-38)30-35(2)3/h13-15,18-19,21-28,31-36H,9-12,16-17,20,29-30H2,1-8H3,(H5-,57,58,61,62,63,64,65,66,67,68,69,70,71,72,73,74). The molecule has 5 aromatic carbocycles. The van der Waals surface area contributed by atoms with Gasteiger partial charge in [-0.1, -0.05) is 89.1 Å². The molecule has 0 radical (unpaired) electrons. The number of benzene rings is 5. The highest BCUT2D eigenvalue weighted by molar-refractivity contribution is 7.87. The van der Waals surface area contributed by atoms with Crippen molar-refractivity contribution in [3.63, 3.8) is 0 Å². The van der Waals surface area contributed by atoms with E-state index in [1.165, 1.54) is 23.8 Å². The Morgan fingerprint density at radius 1 is 0.667 bits per heavy atom. The van der Waals surface area contributed by atoms with Crippen LogP contribution in [-0.4, -0.2) is 87.1 Å². The molecule has 2 heterocycles. The topological polar surface area (TPSA) is 285 Å². The van der Waals surface area contributed by atoms with Crippen molar-refractivity contribution in [2.75, 3.05) is 18.0 Å². The third kappa shape index (κ3) is 12.5. The van der Waals surface area contributed by atoms with Crippen LogP contribution in [0.5, 0.6) is 0 Å². The lowest BCUT2D eigenvalue weighted by Crippen LogP contribution is -2.43. The van der Waals surface area contributed by atoms with Crippen molar-refractivity contribution in [1.29, 1.82) is 0 Å². The van der Waals surface area contributed by atoms with Crippen LogP contribution in [0.1, 0.15) is 122 Å². The fourth-order valence-electron chi connectivity index (χ4n) is 10.9. The maximum Gasteiger partial charge on any atom is 0.295 e. The lowest BCUT2D eigenvalue weighted by Gasteiger charge is -2.26. The van der Waals surface area contributed by atoms with Gasteiger partial charge in [0.05, 0.1) is 21.1 Å². The number of likely N-dealkylation sites (N-methyl/N-ethyl adjacent to an activating group) is 1. The zero-order valence-electron chi connectivity index (χ0n) is 44.7. The average molecular weight is 1150 g/mol. The van der Waals surface area contributed by atoms with Crippen molar-refractivity contribution in [2.24, 2.45) is 5.92 Å². The Morgan fingerprint density at radius 3 is 1.83 bits per heavy atom. The molecule has 2 amide bonds. The van der Waals surface area contributed by atoms with Gasteiger partial charge >= 0.3 is 0 Å². The third-order valence-electron chi connectivity index (χ3n) is 14.6. The van der Waals surface area contributed by atoms with Crippen LogP contribution in [-0.2, 0) is 67.3 Å². The monoisotopic (exact) mass is 1150 g/mol. The molecule has 18 nitrogen and oxygen atoms in total. The molecule has 0 fully saturated rings. The highest BCUT2D eigenvalue weighted by Crippen LogP contribution is 2.52. The fourth-order valence-corrected chi connectivity index (χ4v) is 13.6. The number of fused-ring (bicyclic) bond motifs is 6. The van der Waals surface area contributed by atoms with E-state index in [1.807, 2.05) is 80.5 Å². The van der Waals surface area contributed by atoms with E-state index in [-0.39, 0.29) is 39.8 Å². The maximum atomic E-state index is 12.8. The molecule has 0 saturated carbocycles. The molecule has 5 aromatic rings. The van der Waals surface area contributed by atoms with Gasteiger partial charge in [-0.05, 0) is 123 Å². The number of hydrazine groups is 1. The van der Waals surface area contributed by atoms with Gasteiger partial charge in [-0.25, -0.2) is 8.42 Å². The summed E-state index contributed by atoms with van der Waals surface area (Å²) in [5.41, 5.74) is 9.14. The molecule has 1 unspecified atom stereocenters. The molecule has 0 spiro atoms. The van der Waals surface area contributed by atoms with Gasteiger partial charge in [0.1, 0.15) is 26.5 Å². The second kappa shape index (κ2) is 22.6. The molecule has 418 valence electrons. The zero-order valence-corrected chi connectivity index (χ0v) is 48.0. The third-order valence-corrected chi connectivity index (χ3v) is 18.0. The Kier molecular flexibility index (Phi) is 17.2. The summed E-state index contributed by atoms with van der Waals surface area (Å²) >= 11 is 0. The Hall–Kier alpha value is -6.11. The highest BCUT2D eigenvalue weighted by Gasteiger charge is 2.46. The van der Waals surface area contributed by atoms with E-state index >= 15 is 0 Å². The Bertz CT molecular complexity index is 3830. The second-order valence-corrected chi connectivity index (χ2v) is 26.9. The molecular weight excluding hydrogens is 1080 g/mol. The first-order chi connectivity index (χ1) is 36.3. The minimum Gasteiger partial charge on any atom is -0.744 e. The summed E-state index contributed by atoms with van der Waals surface area (Å²) in [5, 5.41) is 0.444. The molecule has 0 bridgehead atoms. The summed E-state index contributed by atoms with van der Waals surface area (Å²) in [7, 11) is -20.0. The normalized spacial score (nSPS) is 16.5. The van der Waals surface area contributed by atoms with E-state index in [0.717, 1.165) is 48.7 Å². The first-order valence-corrected chi connectivity index (χ1v) is 31.3. The largest absolute Gasteiger partial charge is 0.744 e. The SMILES string of the molecule is CCN1/C(=C/C=C/C=C/C2=[N+](CCCCCCCC(=O)NNC(=O)C(C)c3ccc(CC(C)C)cc3)c3ccc4c(S(=O)(=O)O)cc(S(=O)(=O)[O-])cc4c3C2(C)C)C(C)(C)c2c1ccc1c(S(=O)(=O)O)cc(S(=O)(=O)O)cc21. The van der Waals surface area contributed by atoms with E-state index in [9.17, 15) is 61.5 Å². The number of amides is 2. The van der Waals surface area contributed by atoms with Crippen molar-refractivity contribution in [3.05, 3.63) is 131 Å². The fraction of sp³-hybridized carbons (Fsp3) is 0.375. The summed E-state index contributed by atoms with van der Waals surface area (Å²) in [4.78, 5) is 24.6. The molecule has 0 saturated heterocycles. The number of unbranched alkanes of at least 4 members (excludes halogenated alkanes) is 4. The lowest BCUT2D eigenvalue weighted by atomic mass is 9.79. The van der Waals surface area contributed by atoms with Gasteiger partial charge in [0, 0.05) is 64.7 Å². The maximum absolute atomic E-state index is 12.8. The van der Waals surface area contributed by atoms with Crippen molar-refractivity contribution in [3.8, 4) is 0 Å². The molecule has 1 atom stereocenters. The van der Waals surface area contributed by atoms with Crippen LogP contribution in [0.25, 0.3) is 21.5 Å². The van der Waals surface area contributed by atoms with Crippen LogP contribution in [0.2, 0.25) is 0 Å². The van der Waals surface area contributed by atoms with Gasteiger partial charge in [-0.3, -0.25) is 34.1 Å². The Labute approximate surface area is 457 Å². The Morgan fingerprint density at radius 2 is 1.24 bits per heavy atom. The Balaban J connectivity index is 1.12. The molecule has 78 heavy (non-hydrogen) atoms. The van der Waals surface area contributed by atoms with Crippen LogP contribution in [0.4, 0.5) is 11.4 Å². The number of nitrogens with zero attached hydrogens (tertiary/aromatic N) is 2. The molecule has 0 aromatic heterocycles. The first-order valence-electron chi connectivity index (χ1n) is 25.5. The second-order valence-electron chi connectivity index (χ2n) is 21.3. The molecule has 0 aliphatic carbocycles. The van der Waals surface area contributed by atoms with Gasteiger partial charge in [-0.2, -0.15) is 29.8 Å². The van der Waals surface area contributed by atoms with E-state index in [4.69, 9.17) is 0 Å². The minimum atomic E-state index is -5.19. The quantitative estimate of drug-likeness (QED) is 0.0160. The number of hydrogen-bond acceptors (Lipinski definition) is 12. The number of nitrogens with one attached hydrogen (secondary N) is 2. The molecule has 7 rings (SSSR count). The summed E-state index contributed by atoms with van der Waals surface area (Å²) in [6.07, 6.45) is 13.7. The molecular formula is C56H66N4O14S4. The van der Waals surface area contributed by atoms with Crippen LogP contribution in [0, 0.1) is 5.92 Å². The highest BCUT2D eigenvalue weighted by atomic mass is 32.2. The number of carbonyl (C=O) groups is 2. The van der Waals surface area contributed by atoms with Gasteiger partial charge in [0.15, 0.2) is 5.71 Å². The van der Waals surface area contributed by atoms with Crippen LogP contribution >= 0.6 is 0 Å². The lowest BCUT2D eigenvalue weighted by molar-refractivity contribution is -0.438. The number of allylic oxidation sites excluding steroid dienone is 6. The number of hydrogen-bond donors (Lipinski definition) is 5. The molecule has 2 aliphatic rings. The van der Waals surface area contributed by atoms with Crippen molar-refractivity contribution in [2.45, 2.75) is 137 Å². The summed E-state index contributed by atoms with van der Waals surface area (Å²) in [6, 6.07) is 17.9. The number of anilines is 1. The van der Waals surface area contributed by atoms with Crippen LogP contribution < -0.4 is 15.8 Å². The predicted octanol–water partition coefficient (Wildman–Crippen LogP) is 9.32. The van der Waals surface area contributed by atoms with E-state index in [0.29, 0.717) is 66.5 Å². The summed E-state index contributed by atoms with van der Waals surface area (Å²) < 4.78 is 145. The molecule has 22 heteroatoms. The van der Waals surface area contributed by atoms with E-state index < -0.39 is 76.8 Å². The predicted molar refractivity (Wildman–Crippen MR) is 298 cm³/mol. The van der Waals surface area contributed by atoms with Gasteiger partial charge < -0.3 is 9.45 Å². The van der Waals surface area contributed by atoms with Crippen molar-refractivity contribution >= 4 is 90.9 Å². The smallest absolute Gasteiger partial charge is 0.295 e. The number of rotatable bonds is 20.